The van der Waals surface area contributed by atoms with E-state index in [1.54, 1.807) is 24.3 Å². The van der Waals surface area contributed by atoms with Crippen molar-refractivity contribution in [3.63, 3.8) is 0 Å². The minimum absolute atomic E-state index is 0.240. The molecule has 0 atom stereocenters. The molecule has 2 heterocycles. The number of anilines is 1. The van der Waals surface area contributed by atoms with Gasteiger partial charge in [0.2, 0.25) is 0 Å². The Morgan fingerprint density at radius 2 is 1.96 bits per heavy atom. The highest BCUT2D eigenvalue weighted by molar-refractivity contribution is 6.33. The van der Waals surface area contributed by atoms with Crippen molar-refractivity contribution >= 4 is 34.9 Å². The third-order valence-corrected chi connectivity index (χ3v) is 3.84. The Morgan fingerprint density at radius 3 is 2.62 bits per heavy atom. The molecule has 0 bridgehead atoms. The molecule has 1 aromatic carbocycles. The summed E-state index contributed by atoms with van der Waals surface area (Å²) in [7, 11) is 0. The molecule has 0 saturated carbocycles. The number of aromatic nitrogens is 3. The first-order valence-electron chi connectivity index (χ1n) is 7.14. The van der Waals surface area contributed by atoms with Crippen LogP contribution in [-0.2, 0) is 6.42 Å². The van der Waals surface area contributed by atoms with E-state index in [0.29, 0.717) is 34.0 Å². The van der Waals surface area contributed by atoms with Gasteiger partial charge >= 0.3 is 0 Å². The van der Waals surface area contributed by atoms with Gasteiger partial charge in [0.25, 0.3) is 5.91 Å². The van der Waals surface area contributed by atoms with E-state index in [0.717, 1.165) is 0 Å². The zero-order valence-corrected chi connectivity index (χ0v) is 14.1. The predicted molar refractivity (Wildman–Crippen MR) is 91.3 cm³/mol. The average Bonchev–Trinajstić information content (AvgIpc) is 3.01. The van der Waals surface area contributed by atoms with Gasteiger partial charge < -0.3 is 9.84 Å². The Morgan fingerprint density at radius 1 is 1.17 bits per heavy atom. The molecular formula is C16H12Cl2N4O2. The van der Waals surface area contributed by atoms with Crippen LogP contribution in [-0.4, -0.2) is 21.3 Å². The number of amides is 1. The van der Waals surface area contributed by atoms with Gasteiger partial charge in [-0.15, -0.1) is 10.2 Å². The summed E-state index contributed by atoms with van der Waals surface area (Å²) in [6.07, 6.45) is 0.506. The highest BCUT2D eigenvalue weighted by Crippen LogP contribution is 2.31. The number of carbonyl (C=O) groups excluding carboxylic acids is 1. The summed E-state index contributed by atoms with van der Waals surface area (Å²) >= 11 is 11.9. The number of nitrogens with one attached hydrogen (secondary N) is 1. The lowest BCUT2D eigenvalue weighted by molar-refractivity contribution is 0.102. The lowest BCUT2D eigenvalue weighted by Crippen LogP contribution is -2.15. The first-order chi connectivity index (χ1) is 11.6. The third-order valence-electron chi connectivity index (χ3n) is 3.31. The Bertz CT molecular complexity index is 878. The largest absolute Gasteiger partial charge is 0.360 e. The van der Waals surface area contributed by atoms with Gasteiger partial charge in [0.1, 0.15) is 17.0 Å². The average molecular weight is 363 g/mol. The zero-order chi connectivity index (χ0) is 17.1. The Kier molecular flexibility index (Phi) is 4.78. The molecule has 0 aliphatic rings. The molecule has 0 spiro atoms. The monoisotopic (exact) mass is 362 g/mol. The fraction of sp³-hybridized carbons (Fsp3) is 0.125. The van der Waals surface area contributed by atoms with Gasteiger partial charge in [0, 0.05) is 12.0 Å². The van der Waals surface area contributed by atoms with Gasteiger partial charge in [-0.3, -0.25) is 4.79 Å². The number of hydrogen-bond donors (Lipinski definition) is 1. The Hall–Kier alpha value is -2.44. The van der Waals surface area contributed by atoms with Crippen LogP contribution in [0.4, 0.5) is 5.82 Å². The molecule has 0 fully saturated rings. The fourth-order valence-corrected chi connectivity index (χ4v) is 2.52. The maximum Gasteiger partial charge on any atom is 0.262 e. The van der Waals surface area contributed by atoms with Crippen LogP contribution >= 0.6 is 23.2 Å². The topological polar surface area (TPSA) is 80.9 Å². The molecule has 122 valence electrons. The second-order valence-corrected chi connectivity index (χ2v) is 5.65. The molecular weight excluding hydrogens is 351 g/mol. The van der Waals surface area contributed by atoms with Crippen LogP contribution in [0, 0.1) is 0 Å². The molecule has 1 amide bonds. The van der Waals surface area contributed by atoms with E-state index >= 15 is 0 Å². The maximum absolute atomic E-state index is 12.7. The minimum atomic E-state index is -0.403. The summed E-state index contributed by atoms with van der Waals surface area (Å²) in [6, 6.07) is 10.2. The van der Waals surface area contributed by atoms with E-state index in [2.05, 4.69) is 20.7 Å². The summed E-state index contributed by atoms with van der Waals surface area (Å²) in [5.41, 5.74) is 1.33. The van der Waals surface area contributed by atoms with Crippen LogP contribution < -0.4 is 5.32 Å². The molecule has 2 aromatic heterocycles. The first kappa shape index (κ1) is 16.4. The summed E-state index contributed by atoms with van der Waals surface area (Å²) in [5.74, 6) is 0.335. The van der Waals surface area contributed by atoms with Crippen LogP contribution in [0.15, 0.2) is 40.9 Å². The van der Waals surface area contributed by atoms with E-state index < -0.39 is 5.91 Å². The van der Waals surface area contributed by atoms with E-state index in [-0.39, 0.29) is 11.0 Å². The van der Waals surface area contributed by atoms with Crippen LogP contribution in [0.1, 0.15) is 23.0 Å². The van der Waals surface area contributed by atoms with Crippen molar-refractivity contribution < 1.29 is 9.32 Å². The molecule has 8 heteroatoms. The van der Waals surface area contributed by atoms with Gasteiger partial charge in [-0.1, -0.05) is 53.5 Å². The molecule has 0 saturated heterocycles. The molecule has 24 heavy (non-hydrogen) atoms. The van der Waals surface area contributed by atoms with Crippen molar-refractivity contribution in [2.24, 2.45) is 0 Å². The van der Waals surface area contributed by atoms with E-state index in [9.17, 15) is 4.79 Å². The number of nitrogens with zero attached hydrogens (tertiary/aromatic N) is 3. The number of rotatable bonds is 4. The first-order valence-corrected chi connectivity index (χ1v) is 7.89. The van der Waals surface area contributed by atoms with Gasteiger partial charge in [0.05, 0.1) is 5.02 Å². The normalized spacial score (nSPS) is 10.6. The van der Waals surface area contributed by atoms with Crippen molar-refractivity contribution in [3.8, 4) is 11.3 Å². The lowest BCUT2D eigenvalue weighted by atomic mass is 10.0. The molecule has 0 unspecified atom stereocenters. The van der Waals surface area contributed by atoms with Crippen LogP contribution in [0.2, 0.25) is 10.2 Å². The number of hydrogen-bond acceptors (Lipinski definition) is 5. The van der Waals surface area contributed by atoms with Crippen LogP contribution in [0.5, 0.6) is 0 Å². The van der Waals surface area contributed by atoms with Crippen molar-refractivity contribution in [2.75, 3.05) is 5.32 Å². The fourth-order valence-electron chi connectivity index (χ4n) is 2.20. The van der Waals surface area contributed by atoms with E-state index in [1.165, 1.54) is 6.07 Å². The second kappa shape index (κ2) is 6.98. The number of halogens is 2. The minimum Gasteiger partial charge on any atom is -0.360 e. The summed E-state index contributed by atoms with van der Waals surface area (Å²) in [5, 5.41) is 14.9. The maximum atomic E-state index is 12.7. The van der Waals surface area contributed by atoms with E-state index in [4.69, 9.17) is 27.7 Å². The summed E-state index contributed by atoms with van der Waals surface area (Å²) in [6.45, 7) is 1.87. The third kappa shape index (κ3) is 3.25. The van der Waals surface area contributed by atoms with Crippen molar-refractivity contribution in [1.29, 1.82) is 0 Å². The molecule has 0 radical (unpaired) electrons. The Labute approximate surface area is 147 Å². The number of benzene rings is 1. The number of aryl methyl sites for hydroxylation is 1. The predicted octanol–water partition coefficient (Wildman–Crippen LogP) is 4.25. The molecule has 0 aliphatic heterocycles. The Balaban J connectivity index is 2.00. The summed E-state index contributed by atoms with van der Waals surface area (Å²) in [4.78, 5) is 12.7. The molecule has 3 rings (SSSR count). The quantitative estimate of drug-likeness (QED) is 0.749. The van der Waals surface area contributed by atoms with Gasteiger partial charge in [0.15, 0.2) is 11.0 Å². The highest BCUT2D eigenvalue weighted by atomic mass is 35.5. The summed E-state index contributed by atoms with van der Waals surface area (Å²) < 4.78 is 5.31. The molecule has 3 aromatic rings. The zero-order valence-electron chi connectivity index (χ0n) is 12.6. The van der Waals surface area contributed by atoms with Gasteiger partial charge in [-0.25, -0.2) is 0 Å². The SMILES string of the molecule is CCc1onc(-c2ccccc2Cl)c1C(=O)Nc1ccc(Cl)nn1. The highest BCUT2D eigenvalue weighted by Gasteiger charge is 2.24. The van der Waals surface area contributed by atoms with Crippen molar-refractivity contribution in [1.82, 2.24) is 15.4 Å². The van der Waals surface area contributed by atoms with Crippen LogP contribution in [0.25, 0.3) is 11.3 Å². The van der Waals surface area contributed by atoms with Crippen molar-refractivity contribution in [2.45, 2.75) is 13.3 Å². The van der Waals surface area contributed by atoms with Crippen LogP contribution in [0.3, 0.4) is 0 Å². The standard InChI is InChI=1S/C16H12Cl2N4O2/c1-2-11-14(16(23)19-13-8-7-12(18)20-21-13)15(22-24-11)9-5-3-4-6-10(9)17/h3-8H,2H2,1H3,(H,19,21,23). The van der Waals surface area contributed by atoms with Gasteiger partial charge in [-0.2, -0.15) is 0 Å². The lowest BCUT2D eigenvalue weighted by Gasteiger charge is -2.06. The molecule has 1 N–H and O–H groups in total. The molecule has 6 nitrogen and oxygen atoms in total. The number of carbonyl (C=O) groups is 1. The smallest absolute Gasteiger partial charge is 0.262 e. The molecule has 0 aliphatic carbocycles. The van der Waals surface area contributed by atoms with Crippen molar-refractivity contribution in [3.05, 3.63) is 57.9 Å². The van der Waals surface area contributed by atoms with Gasteiger partial charge in [-0.05, 0) is 18.2 Å². The second-order valence-electron chi connectivity index (χ2n) is 4.86. The van der Waals surface area contributed by atoms with E-state index in [1.807, 2.05) is 13.0 Å².